The van der Waals surface area contributed by atoms with Gasteiger partial charge in [0.2, 0.25) is 0 Å². The molecule has 1 aromatic carbocycles. The molecule has 17 heavy (non-hydrogen) atoms. The minimum absolute atomic E-state index is 0.391. The van der Waals surface area contributed by atoms with Gasteiger partial charge in [-0.25, -0.2) is 0 Å². The van der Waals surface area contributed by atoms with E-state index in [0.29, 0.717) is 12.3 Å². The lowest BCUT2D eigenvalue weighted by Gasteiger charge is -2.14. The Morgan fingerprint density at radius 3 is 3.00 bits per heavy atom. The highest BCUT2D eigenvalue weighted by atomic mass is 16.5. The van der Waals surface area contributed by atoms with E-state index in [1.807, 2.05) is 25.1 Å². The molecule has 1 saturated heterocycles. The maximum Gasteiger partial charge on any atom is 0.310 e. The second-order valence-electron chi connectivity index (χ2n) is 4.53. The van der Waals surface area contributed by atoms with Gasteiger partial charge in [0, 0.05) is 12.5 Å². The Balaban J connectivity index is 2.23. The Hall–Kier alpha value is -1.35. The van der Waals surface area contributed by atoms with Gasteiger partial charge in [0.05, 0.1) is 12.5 Å². The normalized spacial score (nSPS) is 21.4. The summed E-state index contributed by atoms with van der Waals surface area (Å²) in [6, 6.07) is 7.95. The van der Waals surface area contributed by atoms with Crippen LogP contribution in [0.1, 0.15) is 42.7 Å². The van der Waals surface area contributed by atoms with E-state index in [2.05, 4.69) is 6.07 Å². The van der Waals surface area contributed by atoms with E-state index in [4.69, 9.17) is 9.84 Å². The topological polar surface area (TPSA) is 46.5 Å². The molecule has 1 aromatic rings. The molecule has 0 radical (unpaired) electrons. The number of hydrogen-bond acceptors (Lipinski definition) is 2. The number of carboxylic acids is 1. The van der Waals surface area contributed by atoms with Crippen molar-refractivity contribution in [2.45, 2.75) is 31.6 Å². The zero-order chi connectivity index (χ0) is 12.3. The fraction of sp³-hybridized carbons (Fsp3) is 0.500. The molecule has 1 N–H and O–H groups in total. The molecule has 1 aliphatic rings. The summed E-state index contributed by atoms with van der Waals surface area (Å²) in [6.07, 6.45) is 1.66. The van der Waals surface area contributed by atoms with Gasteiger partial charge in [0.15, 0.2) is 0 Å². The quantitative estimate of drug-likeness (QED) is 0.871. The van der Waals surface area contributed by atoms with Crippen molar-refractivity contribution >= 4 is 5.97 Å². The van der Waals surface area contributed by atoms with E-state index < -0.39 is 11.9 Å². The van der Waals surface area contributed by atoms with Crippen molar-refractivity contribution in [2.24, 2.45) is 0 Å². The molecule has 0 saturated carbocycles. The summed E-state index contributed by atoms with van der Waals surface area (Å²) >= 11 is 0. The fourth-order valence-electron chi connectivity index (χ4n) is 2.38. The van der Waals surface area contributed by atoms with Crippen LogP contribution in [-0.4, -0.2) is 24.3 Å². The summed E-state index contributed by atoms with van der Waals surface area (Å²) in [7, 11) is 0. The van der Waals surface area contributed by atoms with Gasteiger partial charge in [-0.1, -0.05) is 31.2 Å². The predicted octanol–water partition coefficient (Wildman–Crippen LogP) is 2.77. The van der Waals surface area contributed by atoms with Crippen molar-refractivity contribution in [3.05, 3.63) is 35.4 Å². The van der Waals surface area contributed by atoms with Gasteiger partial charge in [0.1, 0.15) is 0 Å². The smallest absolute Gasteiger partial charge is 0.310 e. The number of aliphatic carboxylic acids is 1. The summed E-state index contributed by atoms with van der Waals surface area (Å²) in [6.45, 7) is 3.47. The van der Waals surface area contributed by atoms with E-state index in [1.165, 1.54) is 5.56 Å². The first-order valence-electron chi connectivity index (χ1n) is 6.12. The van der Waals surface area contributed by atoms with E-state index in [-0.39, 0.29) is 0 Å². The lowest BCUT2D eigenvalue weighted by molar-refractivity contribution is -0.138. The molecule has 2 unspecified atom stereocenters. The van der Waals surface area contributed by atoms with Crippen molar-refractivity contribution in [1.29, 1.82) is 0 Å². The fourth-order valence-corrected chi connectivity index (χ4v) is 2.38. The molecule has 0 aromatic heterocycles. The molecule has 2 rings (SSSR count). The van der Waals surface area contributed by atoms with Crippen LogP contribution in [0.4, 0.5) is 0 Å². The van der Waals surface area contributed by atoms with Crippen molar-refractivity contribution < 1.29 is 14.6 Å². The standard InChI is InChI=1S/C14H18O3/c1-2-13(14(15)16)11-5-3-4-10(8-11)12-6-7-17-9-12/h3-5,8,12-13H,2,6-7,9H2,1H3,(H,15,16). The van der Waals surface area contributed by atoms with Crippen LogP contribution >= 0.6 is 0 Å². The van der Waals surface area contributed by atoms with Gasteiger partial charge in [-0.15, -0.1) is 0 Å². The van der Waals surface area contributed by atoms with Crippen molar-refractivity contribution in [3.8, 4) is 0 Å². The molecule has 2 atom stereocenters. The summed E-state index contributed by atoms with van der Waals surface area (Å²) in [5.41, 5.74) is 2.11. The van der Waals surface area contributed by atoms with Crippen LogP contribution in [0.2, 0.25) is 0 Å². The zero-order valence-electron chi connectivity index (χ0n) is 10.1. The molecule has 1 fully saturated rings. The monoisotopic (exact) mass is 234 g/mol. The zero-order valence-corrected chi connectivity index (χ0v) is 10.1. The maximum atomic E-state index is 11.1. The molecule has 0 aliphatic carbocycles. The van der Waals surface area contributed by atoms with Gasteiger partial charge in [-0.05, 0) is 24.0 Å². The molecule has 3 heteroatoms. The summed E-state index contributed by atoms with van der Waals surface area (Å²) in [5, 5.41) is 9.16. The highest BCUT2D eigenvalue weighted by molar-refractivity contribution is 5.76. The van der Waals surface area contributed by atoms with Crippen LogP contribution in [0, 0.1) is 0 Å². The predicted molar refractivity (Wildman–Crippen MR) is 65.3 cm³/mol. The first kappa shape index (κ1) is 12.1. The van der Waals surface area contributed by atoms with Crippen molar-refractivity contribution in [3.63, 3.8) is 0 Å². The number of ether oxygens (including phenoxy) is 1. The summed E-state index contributed by atoms with van der Waals surface area (Å²) in [5.74, 6) is -0.703. The van der Waals surface area contributed by atoms with E-state index in [1.54, 1.807) is 0 Å². The number of benzene rings is 1. The highest BCUT2D eigenvalue weighted by Gasteiger charge is 2.21. The van der Waals surface area contributed by atoms with Crippen LogP contribution in [0.5, 0.6) is 0 Å². The van der Waals surface area contributed by atoms with E-state index >= 15 is 0 Å². The largest absolute Gasteiger partial charge is 0.481 e. The SMILES string of the molecule is CCC(C(=O)O)c1cccc(C2CCOC2)c1. The third-order valence-electron chi connectivity index (χ3n) is 3.42. The minimum atomic E-state index is -0.743. The third kappa shape index (κ3) is 2.67. The van der Waals surface area contributed by atoms with E-state index in [9.17, 15) is 4.79 Å². The highest BCUT2D eigenvalue weighted by Crippen LogP contribution is 2.28. The first-order valence-corrected chi connectivity index (χ1v) is 6.12. The lowest BCUT2D eigenvalue weighted by atomic mass is 9.91. The maximum absolute atomic E-state index is 11.1. The van der Waals surface area contributed by atoms with Gasteiger partial charge >= 0.3 is 5.97 Å². The molecule has 0 spiro atoms. The van der Waals surface area contributed by atoms with Crippen LogP contribution < -0.4 is 0 Å². The Morgan fingerprint density at radius 1 is 1.59 bits per heavy atom. The van der Waals surface area contributed by atoms with Crippen LogP contribution in [0.25, 0.3) is 0 Å². The van der Waals surface area contributed by atoms with Crippen LogP contribution in [0.3, 0.4) is 0 Å². The molecule has 0 bridgehead atoms. The van der Waals surface area contributed by atoms with Gasteiger partial charge < -0.3 is 9.84 Å². The van der Waals surface area contributed by atoms with Crippen molar-refractivity contribution in [1.82, 2.24) is 0 Å². The Bertz CT molecular complexity index is 394. The number of carboxylic acid groups (broad SMARTS) is 1. The van der Waals surface area contributed by atoms with Gasteiger partial charge in [-0.3, -0.25) is 4.79 Å². The summed E-state index contributed by atoms with van der Waals surface area (Å²) in [4.78, 5) is 11.1. The molecule has 0 amide bonds. The van der Waals surface area contributed by atoms with Crippen LogP contribution in [-0.2, 0) is 9.53 Å². The second kappa shape index (κ2) is 5.32. The Labute approximate surface area is 101 Å². The van der Waals surface area contributed by atoms with Crippen LogP contribution in [0.15, 0.2) is 24.3 Å². The Morgan fingerprint density at radius 2 is 2.41 bits per heavy atom. The van der Waals surface area contributed by atoms with Gasteiger partial charge in [0.25, 0.3) is 0 Å². The number of rotatable bonds is 4. The average Bonchev–Trinajstić information content (AvgIpc) is 2.83. The Kier molecular flexibility index (Phi) is 3.79. The minimum Gasteiger partial charge on any atom is -0.481 e. The van der Waals surface area contributed by atoms with Gasteiger partial charge in [-0.2, -0.15) is 0 Å². The molecular weight excluding hydrogens is 216 g/mol. The molecule has 1 aliphatic heterocycles. The van der Waals surface area contributed by atoms with Crippen molar-refractivity contribution in [2.75, 3.05) is 13.2 Å². The number of carbonyl (C=O) groups is 1. The number of hydrogen-bond donors (Lipinski definition) is 1. The second-order valence-corrected chi connectivity index (χ2v) is 4.53. The first-order chi connectivity index (χ1) is 8.22. The van der Waals surface area contributed by atoms with E-state index in [0.717, 1.165) is 25.2 Å². The average molecular weight is 234 g/mol. The third-order valence-corrected chi connectivity index (χ3v) is 3.42. The summed E-state index contributed by atoms with van der Waals surface area (Å²) < 4.78 is 5.37. The molecule has 3 nitrogen and oxygen atoms in total. The lowest BCUT2D eigenvalue weighted by Crippen LogP contribution is -2.11. The molecular formula is C14H18O3. The molecule has 92 valence electrons. The molecule has 1 heterocycles.